The third kappa shape index (κ3) is 9.78. The summed E-state index contributed by atoms with van der Waals surface area (Å²) in [5.74, 6) is 1.32. The molecule has 6 nitrogen and oxygen atoms in total. The Morgan fingerprint density at radius 1 is 0.824 bits per heavy atom. The molecular weight excluding hydrogens is 638 g/mol. The number of carbonyl (C=O) groups is 1. The number of unbranched alkanes of at least 4 members (excludes halogenated alkanes) is 2. The van der Waals surface area contributed by atoms with Gasteiger partial charge in [-0.25, -0.2) is 4.39 Å². The largest absolute Gasteiger partial charge is 0.493 e. The molecule has 0 bridgehead atoms. The number of fused-ring (bicyclic) bond motifs is 1. The van der Waals surface area contributed by atoms with Gasteiger partial charge in [0.25, 0.3) is 0 Å². The van der Waals surface area contributed by atoms with Crippen molar-refractivity contribution >= 4 is 5.91 Å². The lowest BCUT2D eigenvalue weighted by Crippen LogP contribution is -2.47. The van der Waals surface area contributed by atoms with Gasteiger partial charge in [-0.1, -0.05) is 92.1 Å². The number of hydrogen-bond donors (Lipinski definition) is 3. The number of ether oxygens (including phenoxy) is 2. The van der Waals surface area contributed by atoms with Crippen molar-refractivity contribution in [3.05, 3.63) is 131 Å². The van der Waals surface area contributed by atoms with Gasteiger partial charge in [0.05, 0.1) is 14.2 Å². The molecule has 0 spiro atoms. The van der Waals surface area contributed by atoms with E-state index >= 15 is 0 Å². The number of nitrogens with two attached hydrogens (primary N) is 1. The Kier molecular flexibility index (Phi) is 14.1. The second-order valence-electron chi connectivity index (χ2n) is 14.0. The molecule has 0 saturated carbocycles. The third-order valence-corrected chi connectivity index (χ3v) is 10.8. The lowest BCUT2D eigenvalue weighted by atomic mass is 9.66. The molecule has 1 unspecified atom stereocenters. The van der Waals surface area contributed by atoms with Gasteiger partial charge in [-0.2, -0.15) is 0 Å². The molecule has 5 rings (SSSR count). The summed E-state index contributed by atoms with van der Waals surface area (Å²) in [5.41, 5.74) is 11.7. The SMILES string of the molecule is COc1cc2c(cc1OC)C(CCCCCN)(CCCC(CCCNC(=O)CCc1ccc(F)cc1)(c1ccccc1)c1ccccc1)NCC2. The lowest BCUT2D eigenvalue weighted by molar-refractivity contribution is -0.121. The van der Waals surface area contributed by atoms with Gasteiger partial charge in [0.15, 0.2) is 11.5 Å². The molecule has 1 atom stereocenters. The van der Waals surface area contributed by atoms with E-state index in [1.54, 1.807) is 26.4 Å². The maximum atomic E-state index is 13.3. The van der Waals surface area contributed by atoms with E-state index < -0.39 is 0 Å². The van der Waals surface area contributed by atoms with Crippen LogP contribution in [0.3, 0.4) is 0 Å². The van der Waals surface area contributed by atoms with Crippen LogP contribution in [0.4, 0.5) is 4.39 Å². The molecule has 1 heterocycles. The third-order valence-electron chi connectivity index (χ3n) is 10.8. The Labute approximate surface area is 304 Å². The normalized spacial score (nSPS) is 15.6. The van der Waals surface area contributed by atoms with Crippen LogP contribution in [0.5, 0.6) is 11.5 Å². The smallest absolute Gasteiger partial charge is 0.220 e. The van der Waals surface area contributed by atoms with E-state index in [-0.39, 0.29) is 22.7 Å². The molecule has 0 saturated heterocycles. The Balaban J connectivity index is 1.37. The van der Waals surface area contributed by atoms with Crippen LogP contribution in [0.15, 0.2) is 97.1 Å². The summed E-state index contributed by atoms with van der Waals surface area (Å²) in [6.45, 7) is 2.24. The average molecular weight is 694 g/mol. The molecule has 0 aromatic heterocycles. The van der Waals surface area contributed by atoms with Crippen molar-refractivity contribution < 1.29 is 18.7 Å². The van der Waals surface area contributed by atoms with Crippen molar-refractivity contribution in [2.75, 3.05) is 33.9 Å². The van der Waals surface area contributed by atoms with Gasteiger partial charge in [-0.3, -0.25) is 4.79 Å². The number of benzene rings is 4. The summed E-state index contributed by atoms with van der Waals surface area (Å²) in [6.07, 6.45) is 10.9. The second-order valence-corrected chi connectivity index (χ2v) is 14.0. The highest BCUT2D eigenvalue weighted by atomic mass is 19.1. The molecular formula is C44H56FN3O3. The minimum Gasteiger partial charge on any atom is -0.493 e. The van der Waals surface area contributed by atoms with E-state index in [0.717, 1.165) is 87.8 Å². The molecule has 0 fully saturated rings. The van der Waals surface area contributed by atoms with E-state index in [2.05, 4.69) is 83.4 Å². The fourth-order valence-corrected chi connectivity index (χ4v) is 8.11. The van der Waals surface area contributed by atoms with Crippen LogP contribution in [0.2, 0.25) is 0 Å². The quantitative estimate of drug-likeness (QED) is 0.0810. The summed E-state index contributed by atoms with van der Waals surface area (Å²) >= 11 is 0. The molecule has 1 aliphatic rings. The molecule has 0 radical (unpaired) electrons. The van der Waals surface area contributed by atoms with Gasteiger partial charge in [0, 0.05) is 30.5 Å². The summed E-state index contributed by atoms with van der Waals surface area (Å²) in [7, 11) is 3.42. The highest BCUT2D eigenvalue weighted by Gasteiger charge is 2.39. The number of hydrogen-bond acceptors (Lipinski definition) is 5. The van der Waals surface area contributed by atoms with Crippen LogP contribution in [0.1, 0.15) is 92.0 Å². The van der Waals surface area contributed by atoms with E-state index in [1.165, 1.54) is 34.4 Å². The Hall–Kier alpha value is -4.20. The first-order valence-corrected chi connectivity index (χ1v) is 18.8. The van der Waals surface area contributed by atoms with Crippen molar-refractivity contribution in [1.29, 1.82) is 0 Å². The Morgan fingerprint density at radius 2 is 1.45 bits per heavy atom. The first kappa shape index (κ1) is 38.0. The van der Waals surface area contributed by atoms with Crippen molar-refractivity contribution in [2.45, 2.75) is 88.0 Å². The summed E-state index contributed by atoms with van der Waals surface area (Å²) in [5, 5.41) is 7.18. The predicted molar refractivity (Wildman–Crippen MR) is 205 cm³/mol. The van der Waals surface area contributed by atoms with Gasteiger partial charge in [0.2, 0.25) is 5.91 Å². The number of halogens is 1. The predicted octanol–water partition coefficient (Wildman–Crippen LogP) is 8.39. The maximum Gasteiger partial charge on any atom is 0.220 e. The minimum absolute atomic E-state index is 0.0232. The molecule has 4 aromatic rings. The van der Waals surface area contributed by atoms with Gasteiger partial charge >= 0.3 is 0 Å². The van der Waals surface area contributed by atoms with Crippen LogP contribution >= 0.6 is 0 Å². The molecule has 51 heavy (non-hydrogen) atoms. The Bertz CT molecular complexity index is 1610. The monoisotopic (exact) mass is 693 g/mol. The highest BCUT2D eigenvalue weighted by molar-refractivity contribution is 5.76. The van der Waals surface area contributed by atoms with Crippen LogP contribution in [-0.2, 0) is 28.6 Å². The number of rotatable bonds is 20. The van der Waals surface area contributed by atoms with E-state index in [1.807, 2.05) is 0 Å². The highest BCUT2D eigenvalue weighted by Crippen LogP contribution is 2.46. The molecule has 0 aliphatic carbocycles. The first-order valence-electron chi connectivity index (χ1n) is 18.8. The van der Waals surface area contributed by atoms with Crippen LogP contribution < -0.4 is 25.8 Å². The minimum atomic E-state index is -0.262. The first-order chi connectivity index (χ1) is 24.9. The van der Waals surface area contributed by atoms with Crippen molar-refractivity contribution in [3.63, 3.8) is 0 Å². The van der Waals surface area contributed by atoms with Gasteiger partial charge in [0.1, 0.15) is 5.82 Å². The molecule has 4 N–H and O–H groups in total. The van der Waals surface area contributed by atoms with E-state index in [4.69, 9.17) is 15.2 Å². The van der Waals surface area contributed by atoms with E-state index in [0.29, 0.717) is 25.9 Å². The second kappa shape index (κ2) is 18.9. The molecule has 7 heteroatoms. The van der Waals surface area contributed by atoms with Crippen LogP contribution in [0.25, 0.3) is 0 Å². The molecule has 1 aliphatic heterocycles. The molecule has 4 aromatic carbocycles. The zero-order chi connectivity index (χ0) is 35.9. The number of nitrogens with one attached hydrogen (secondary N) is 2. The molecule has 272 valence electrons. The topological polar surface area (TPSA) is 85.6 Å². The fourth-order valence-electron chi connectivity index (χ4n) is 8.11. The lowest BCUT2D eigenvalue weighted by Gasteiger charge is -2.43. The summed E-state index contributed by atoms with van der Waals surface area (Å²) < 4.78 is 24.8. The average Bonchev–Trinajstić information content (AvgIpc) is 3.17. The zero-order valence-electron chi connectivity index (χ0n) is 30.5. The molecule has 1 amide bonds. The standard InChI is InChI=1S/C44H56FN3O3/c1-50-40-32-35-24-31-48-44(27-10-5-11-29-46,39(35)33-41(40)51-2)28-12-25-43(36-14-6-3-7-15-36,37-16-8-4-9-17-37)26-13-30-47-42(49)23-20-34-18-21-38(45)22-19-34/h3-4,6-9,14-19,21-22,32-33,48H,5,10-13,20,23-31,46H2,1-2H3,(H,47,49). The van der Waals surface area contributed by atoms with Gasteiger partial charge in [-0.15, -0.1) is 0 Å². The number of amides is 1. The fraction of sp³-hybridized carbons (Fsp3) is 0.432. The van der Waals surface area contributed by atoms with Crippen molar-refractivity contribution in [3.8, 4) is 11.5 Å². The Morgan fingerprint density at radius 3 is 2.10 bits per heavy atom. The van der Waals surface area contributed by atoms with Crippen LogP contribution in [0, 0.1) is 5.82 Å². The maximum absolute atomic E-state index is 13.3. The summed E-state index contributed by atoms with van der Waals surface area (Å²) in [4.78, 5) is 12.8. The number of methoxy groups -OCH3 is 2. The summed E-state index contributed by atoms with van der Waals surface area (Å²) in [6, 6.07) is 32.6. The van der Waals surface area contributed by atoms with Crippen molar-refractivity contribution in [1.82, 2.24) is 10.6 Å². The number of carbonyl (C=O) groups excluding carboxylic acids is 1. The van der Waals surface area contributed by atoms with Gasteiger partial charge < -0.3 is 25.8 Å². The zero-order valence-corrected chi connectivity index (χ0v) is 30.5. The van der Waals surface area contributed by atoms with E-state index in [9.17, 15) is 9.18 Å². The number of aryl methyl sites for hydroxylation is 1. The van der Waals surface area contributed by atoms with Crippen LogP contribution in [-0.4, -0.2) is 39.8 Å². The van der Waals surface area contributed by atoms with Crippen molar-refractivity contribution in [2.24, 2.45) is 5.73 Å². The van der Waals surface area contributed by atoms with Gasteiger partial charge in [-0.05, 0) is 110 Å².